The molecule has 15 heteroatoms. The summed E-state index contributed by atoms with van der Waals surface area (Å²) in [7, 11) is 4.25. The Morgan fingerprint density at radius 3 is 2.14 bits per heavy atom. The Kier molecular flexibility index (Phi) is 11.7. The molecule has 0 radical (unpaired) electrons. The third-order valence-electron chi connectivity index (χ3n) is 4.68. The van der Waals surface area contributed by atoms with Crippen molar-refractivity contribution in [1.82, 2.24) is 19.4 Å². The van der Waals surface area contributed by atoms with Crippen LogP contribution in [0.3, 0.4) is 0 Å². The predicted molar refractivity (Wildman–Crippen MR) is 117 cm³/mol. The van der Waals surface area contributed by atoms with E-state index in [1.807, 2.05) is 24.7 Å². The zero-order valence-electron chi connectivity index (χ0n) is 19.2. The van der Waals surface area contributed by atoms with Crippen molar-refractivity contribution in [3.8, 4) is 0 Å². The van der Waals surface area contributed by atoms with Gasteiger partial charge in [-0.25, -0.2) is 14.6 Å². The molecule has 1 aromatic carbocycles. The predicted octanol–water partition coefficient (Wildman–Crippen LogP) is 4.31. The number of fused-ring (bicyclic) bond motifs is 1. The van der Waals surface area contributed by atoms with E-state index in [4.69, 9.17) is 31.4 Å². The third kappa shape index (κ3) is 11.3. The van der Waals surface area contributed by atoms with Crippen LogP contribution in [0.2, 0.25) is 5.02 Å². The highest BCUT2D eigenvalue weighted by atomic mass is 35.5. The van der Waals surface area contributed by atoms with Crippen molar-refractivity contribution in [1.29, 1.82) is 0 Å². The highest BCUT2D eigenvalue weighted by molar-refractivity contribution is 6.30. The molecule has 0 fully saturated rings. The molecule has 36 heavy (non-hydrogen) atoms. The van der Waals surface area contributed by atoms with Crippen molar-refractivity contribution < 1.29 is 46.1 Å². The van der Waals surface area contributed by atoms with Crippen LogP contribution in [0.4, 0.5) is 26.3 Å². The number of carboxylic acid groups (broad SMARTS) is 2. The van der Waals surface area contributed by atoms with Crippen LogP contribution >= 0.6 is 11.6 Å². The molecule has 8 nitrogen and oxygen atoms in total. The van der Waals surface area contributed by atoms with Gasteiger partial charge in [-0.05, 0) is 44.8 Å². The normalized spacial score (nSPS) is 15.8. The molecule has 1 aliphatic rings. The second kappa shape index (κ2) is 13.5. The van der Waals surface area contributed by atoms with E-state index in [0.29, 0.717) is 6.04 Å². The molecule has 0 saturated carbocycles. The molecule has 3 rings (SSSR count). The summed E-state index contributed by atoms with van der Waals surface area (Å²) in [5.74, 6) is -5.51. The van der Waals surface area contributed by atoms with Gasteiger partial charge in [-0.2, -0.15) is 26.3 Å². The molecular weight excluding hydrogens is 522 g/mol. The number of aromatic nitrogens is 2. The summed E-state index contributed by atoms with van der Waals surface area (Å²) in [5, 5.41) is 15.1. The molecule has 0 amide bonds. The zero-order valence-corrected chi connectivity index (χ0v) is 20.0. The quantitative estimate of drug-likeness (QED) is 0.539. The fraction of sp³-hybridized carbons (Fsp3) is 0.476. The zero-order chi connectivity index (χ0) is 27.7. The second-order valence-corrected chi connectivity index (χ2v) is 8.38. The second-order valence-electron chi connectivity index (χ2n) is 7.94. The summed E-state index contributed by atoms with van der Waals surface area (Å²) < 4.78 is 65.8. The minimum atomic E-state index is -5.08. The van der Waals surface area contributed by atoms with Gasteiger partial charge in [0.25, 0.3) is 0 Å². The molecule has 2 aromatic rings. The summed E-state index contributed by atoms with van der Waals surface area (Å²) in [5.41, 5.74) is 2.57. The molecule has 1 unspecified atom stereocenters. The van der Waals surface area contributed by atoms with Crippen LogP contribution in [0.15, 0.2) is 36.8 Å². The van der Waals surface area contributed by atoms with E-state index in [1.54, 1.807) is 0 Å². The maximum Gasteiger partial charge on any atom is 0.490 e. The van der Waals surface area contributed by atoms with Crippen LogP contribution in [0.1, 0.15) is 23.7 Å². The Balaban J connectivity index is 0.000000383. The smallest absolute Gasteiger partial charge is 0.475 e. The molecule has 1 aromatic heterocycles. The summed E-state index contributed by atoms with van der Waals surface area (Å²) in [6.45, 7) is 4.03. The fourth-order valence-electron chi connectivity index (χ4n) is 3.11. The van der Waals surface area contributed by atoms with Crippen molar-refractivity contribution in [3.63, 3.8) is 0 Å². The van der Waals surface area contributed by atoms with E-state index in [0.717, 1.165) is 37.6 Å². The lowest BCUT2D eigenvalue weighted by molar-refractivity contribution is -0.193. The number of imidazole rings is 1. The Morgan fingerprint density at radius 1 is 1.11 bits per heavy atom. The summed E-state index contributed by atoms with van der Waals surface area (Å²) in [6, 6.07) is 8.65. The Morgan fingerprint density at radius 2 is 1.67 bits per heavy atom. The van der Waals surface area contributed by atoms with Gasteiger partial charge < -0.3 is 19.7 Å². The summed E-state index contributed by atoms with van der Waals surface area (Å²) in [4.78, 5) is 26.9. The van der Waals surface area contributed by atoms with Gasteiger partial charge in [0.15, 0.2) is 0 Å². The monoisotopic (exact) mass is 546 g/mol. The van der Waals surface area contributed by atoms with Crippen LogP contribution in [-0.4, -0.2) is 81.0 Å². The number of nitrogens with zero attached hydrogens (tertiary/aromatic N) is 4. The number of alkyl halides is 6. The van der Waals surface area contributed by atoms with Crippen LogP contribution in [0.25, 0.3) is 0 Å². The number of halogens is 7. The van der Waals surface area contributed by atoms with E-state index >= 15 is 0 Å². The van der Waals surface area contributed by atoms with Crippen molar-refractivity contribution in [2.45, 2.75) is 37.9 Å². The first-order valence-corrected chi connectivity index (χ1v) is 10.6. The van der Waals surface area contributed by atoms with Crippen LogP contribution in [0.5, 0.6) is 0 Å². The Hall–Kier alpha value is -2.84. The minimum Gasteiger partial charge on any atom is -0.475 e. The van der Waals surface area contributed by atoms with Gasteiger partial charge in [-0.3, -0.25) is 4.90 Å². The maximum absolute atomic E-state index is 10.6. The molecule has 1 aliphatic heterocycles. The minimum absolute atomic E-state index is 0.493. The molecule has 202 valence electrons. The largest absolute Gasteiger partial charge is 0.490 e. The topological polar surface area (TPSA) is 98.9 Å². The molecule has 0 bridgehead atoms. The van der Waals surface area contributed by atoms with Crippen molar-refractivity contribution in [2.75, 3.05) is 27.2 Å². The van der Waals surface area contributed by atoms with Gasteiger partial charge in [0.05, 0.1) is 12.0 Å². The van der Waals surface area contributed by atoms with Gasteiger partial charge in [0, 0.05) is 36.9 Å². The van der Waals surface area contributed by atoms with Crippen LogP contribution in [-0.2, 0) is 22.7 Å². The molecular formula is C21H25ClF6N4O4. The lowest BCUT2D eigenvalue weighted by Gasteiger charge is -2.35. The fourth-order valence-corrected chi connectivity index (χ4v) is 3.33. The van der Waals surface area contributed by atoms with E-state index in [1.165, 1.54) is 11.3 Å². The summed E-state index contributed by atoms with van der Waals surface area (Å²) >= 11 is 6.10. The van der Waals surface area contributed by atoms with E-state index in [9.17, 15) is 26.3 Å². The van der Waals surface area contributed by atoms with Crippen LogP contribution in [0, 0.1) is 0 Å². The lowest BCUT2D eigenvalue weighted by atomic mass is 10.1. The highest BCUT2D eigenvalue weighted by Gasteiger charge is 2.38. The molecule has 2 heterocycles. The number of aliphatic carboxylic acids is 2. The third-order valence-corrected chi connectivity index (χ3v) is 4.92. The molecule has 0 aliphatic carbocycles. The van der Waals surface area contributed by atoms with Gasteiger partial charge in [-0.15, -0.1) is 0 Å². The average Bonchev–Trinajstić information content (AvgIpc) is 3.20. The Labute approximate surface area is 207 Å². The highest BCUT2D eigenvalue weighted by Crippen LogP contribution is 2.25. The number of carbonyl (C=O) groups is 2. The number of hydrogen-bond acceptors (Lipinski definition) is 5. The molecule has 0 saturated heterocycles. The van der Waals surface area contributed by atoms with Gasteiger partial charge in [0.2, 0.25) is 0 Å². The number of rotatable bonds is 5. The first kappa shape index (κ1) is 31.2. The number of benzene rings is 1. The average molecular weight is 547 g/mol. The number of carboxylic acids is 2. The molecule has 2 N–H and O–H groups in total. The van der Waals surface area contributed by atoms with Crippen molar-refractivity contribution in [3.05, 3.63) is 53.1 Å². The standard InChI is InChI=1S/C17H23ClN4.2C2HF3O2/c1-20(2)7-6-16-11-21(12-17-9-19-13-22(16)17)10-14-4-3-5-15(18)8-14;2*3-2(4,5)1(6)7/h3-5,8-9,13,16H,6-7,10-12H2,1-2H3;2*(H,6,7). The van der Waals surface area contributed by atoms with Crippen molar-refractivity contribution in [2.24, 2.45) is 0 Å². The van der Waals surface area contributed by atoms with E-state index in [-0.39, 0.29) is 0 Å². The van der Waals surface area contributed by atoms with Gasteiger partial charge >= 0.3 is 24.3 Å². The van der Waals surface area contributed by atoms with Gasteiger partial charge in [0.1, 0.15) is 0 Å². The Bertz CT molecular complexity index is 973. The van der Waals surface area contributed by atoms with Crippen molar-refractivity contribution >= 4 is 23.5 Å². The SMILES string of the molecule is CN(C)CCC1CN(Cc2cccc(Cl)c2)Cc2cncn21.O=C(O)C(F)(F)F.O=C(O)C(F)(F)F. The van der Waals surface area contributed by atoms with Crippen LogP contribution < -0.4 is 0 Å². The lowest BCUT2D eigenvalue weighted by Crippen LogP contribution is -2.37. The first-order valence-electron chi connectivity index (χ1n) is 10.2. The molecule has 0 spiro atoms. The van der Waals surface area contributed by atoms with E-state index < -0.39 is 24.3 Å². The number of hydrogen-bond donors (Lipinski definition) is 2. The van der Waals surface area contributed by atoms with E-state index in [2.05, 4.69) is 45.6 Å². The van der Waals surface area contributed by atoms with Gasteiger partial charge in [-0.1, -0.05) is 23.7 Å². The maximum atomic E-state index is 10.6. The molecule has 1 atom stereocenters. The first-order chi connectivity index (χ1) is 16.5. The summed E-state index contributed by atoms with van der Waals surface area (Å²) in [6.07, 6.45) is -5.05.